The highest BCUT2D eigenvalue weighted by Gasteiger charge is 2.30. The monoisotopic (exact) mass is 349 g/mol. The highest BCUT2D eigenvalue weighted by atomic mass is 16.5. The number of ether oxygens (including phenoxy) is 1. The molecule has 26 heavy (non-hydrogen) atoms. The lowest BCUT2D eigenvalue weighted by Gasteiger charge is -2.22. The second-order valence-electron chi connectivity index (χ2n) is 6.47. The number of aromatic nitrogens is 2. The van der Waals surface area contributed by atoms with Gasteiger partial charge in [-0.25, -0.2) is 4.98 Å². The SMILES string of the molecule is CC1Cc2ccccc2N1C(=O)COC(=O)Cn1cnc2ccccc21. The normalized spacial score (nSPS) is 15.9. The number of anilines is 1. The topological polar surface area (TPSA) is 64.4 Å². The van der Waals surface area contributed by atoms with Crippen LogP contribution in [-0.2, 0) is 27.3 Å². The maximum Gasteiger partial charge on any atom is 0.326 e. The number of benzene rings is 2. The van der Waals surface area contributed by atoms with Crippen molar-refractivity contribution < 1.29 is 14.3 Å². The lowest BCUT2D eigenvalue weighted by Crippen LogP contribution is -2.39. The predicted molar refractivity (Wildman–Crippen MR) is 97.8 cm³/mol. The summed E-state index contributed by atoms with van der Waals surface area (Å²) in [6.45, 7) is 1.77. The third-order valence-corrected chi connectivity index (χ3v) is 4.66. The zero-order chi connectivity index (χ0) is 18.1. The van der Waals surface area contributed by atoms with E-state index in [0.717, 1.165) is 28.7 Å². The molecule has 2 heterocycles. The summed E-state index contributed by atoms with van der Waals surface area (Å²) < 4.78 is 6.94. The molecule has 0 saturated carbocycles. The lowest BCUT2D eigenvalue weighted by molar-refractivity contribution is -0.148. The fourth-order valence-electron chi connectivity index (χ4n) is 3.48. The van der Waals surface area contributed by atoms with Crippen LogP contribution in [-0.4, -0.2) is 34.1 Å². The van der Waals surface area contributed by atoms with Crippen molar-refractivity contribution in [1.29, 1.82) is 0 Å². The molecule has 0 radical (unpaired) electrons. The lowest BCUT2D eigenvalue weighted by atomic mass is 10.1. The maximum atomic E-state index is 12.6. The molecule has 1 amide bonds. The first kappa shape index (κ1) is 16.3. The van der Waals surface area contributed by atoms with Crippen molar-refractivity contribution in [3.05, 3.63) is 60.4 Å². The quantitative estimate of drug-likeness (QED) is 0.679. The summed E-state index contributed by atoms with van der Waals surface area (Å²) in [5.41, 5.74) is 3.72. The number of hydrogen-bond donors (Lipinski definition) is 0. The van der Waals surface area contributed by atoms with Crippen LogP contribution in [0.2, 0.25) is 0 Å². The Labute approximate surface area is 151 Å². The predicted octanol–water partition coefficient (Wildman–Crippen LogP) is 2.56. The molecule has 1 aliphatic heterocycles. The molecule has 6 heteroatoms. The number of para-hydroxylation sites is 3. The van der Waals surface area contributed by atoms with Crippen LogP contribution in [0, 0.1) is 0 Å². The van der Waals surface area contributed by atoms with E-state index in [9.17, 15) is 9.59 Å². The summed E-state index contributed by atoms with van der Waals surface area (Å²) >= 11 is 0. The van der Waals surface area contributed by atoms with Crippen molar-refractivity contribution in [2.45, 2.75) is 25.9 Å². The van der Waals surface area contributed by atoms with Crippen LogP contribution in [0.5, 0.6) is 0 Å². The molecular weight excluding hydrogens is 330 g/mol. The summed E-state index contributed by atoms with van der Waals surface area (Å²) in [7, 11) is 0. The number of esters is 1. The molecule has 0 spiro atoms. The van der Waals surface area contributed by atoms with Gasteiger partial charge in [0, 0.05) is 11.7 Å². The summed E-state index contributed by atoms with van der Waals surface area (Å²) in [6.07, 6.45) is 2.42. The minimum absolute atomic E-state index is 0.0277. The smallest absolute Gasteiger partial charge is 0.326 e. The van der Waals surface area contributed by atoms with Crippen molar-refractivity contribution in [2.75, 3.05) is 11.5 Å². The Hall–Kier alpha value is -3.15. The van der Waals surface area contributed by atoms with Gasteiger partial charge in [0.05, 0.1) is 17.4 Å². The van der Waals surface area contributed by atoms with Crippen molar-refractivity contribution in [2.24, 2.45) is 0 Å². The van der Waals surface area contributed by atoms with Crippen molar-refractivity contribution in [1.82, 2.24) is 9.55 Å². The van der Waals surface area contributed by atoms with Gasteiger partial charge < -0.3 is 14.2 Å². The van der Waals surface area contributed by atoms with Crippen LogP contribution in [0.15, 0.2) is 54.9 Å². The first-order valence-electron chi connectivity index (χ1n) is 8.59. The van der Waals surface area contributed by atoms with Gasteiger partial charge >= 0.3 is 5.97 Å². The van der Waals surface area contributed by atoms with E-state index in [-0.39, 0.29) is 25.1 Å². The van der Waals surface area contributed by atoms with E-state index in [1.807, 2.05) is 55.5 Å². The molecule has 1 aliphatic rings. The number of nitrogens with zero attached hydrogens (tertiary/aromatic N) is 3. The number of hydrogen-bond acceptors (Lipinski definition) is 4. The molecule has 0 aliphatic carbocycles. The Kier molecular flexibility index (Phi) is 4.16. The highest BCUT2D eigenvalue weighted by Crippen LogP contribution is 2.31. The number of imidazole rings is 1. The van der Waals surface area contributed by atoms with E-state index in [0.29, 0.717) is 0 Å². The van der Waals surface area contributed by atoms with Gasteiger partial charge in [-0.15, -0.1) is 0 Å². The van der Waals surface area contributed by atoms with Crippen LogP contribution < -0.4 is 4.90 Å². The minimum Gasteiger partial charge on any atom is -0.454 e. The molecule has 0 fully saturated rings. The van der Waals surface area contributed by atoms with Gasteiger partial charge in [-0.05, 0) is 37.1 Å². The van der Waals surface area contributed by atoms with Gasteiger partial charge in [-0.3, -0.25) is 9.59 Å². The Morgan fingerprint density at radius 3 is 2.81 bits per heavy atom. The van der Waals surface area contributed by atoms with Crippen LogP contribution in [0.25, 0.3) is 11.0 Å². The van der Waals surface area contributed by atoms with Gasteiger partial charge in [-0.1, -0.05) is 30.3 Å². The van der Waals surface area contributed by atoms with Gasteiger partial charge in [0.2, 0.25) is 0 Å². The van der Waals surface area contributed by atoms with Gasteiger partial charge in [-0.2, -0.15) is 0 Å². The third-order valence-electron chi connectivity index (χ3n) is 4.66. The second-order valence-corrected chi connectivity index (χ2v) is 6.47. The second kappa shape index (κ2) is 6.63. The number of carbonyl (C=O) groups is 2. The Balaban J connectivity index is 1.39. The molecule has 132 valence electrons. The van der Waals surface area contributed by atoms with Crippen molar-refractivity contribution >= 4 is 28.6 Å². The largest absolute Gasteiger partial charge is 0.454 e. The Morgan fingerprint density at radius 2 is 1.92 bits per heavy atom. The number of fused-ring (bicyclic) bond motifs is 2. The Bertz CT molecular complexity index is 979. The third kappa shape index (κ3) is 2.94. The molecule has 2 aromatic carbocycles. The van der Waals surface area contributed by atoms with Crippen LogP contribution in [0.4, 0.5) is 5.69 Å². The first-order valence-corrected chi connectivity index (χ1v) is 8.59. The highest BCUT2D eigenvalue weighted by molar-refractivity contribution is 5.97. The molecule has 1 aromatic heterocycles. The molecule has 1 unspecified atom stereocenters. The average molecular weight is 349 g/mol. The molecule has 0 N–H and O–H groups in total. The zero-order valence-electron chi connectivity index (χ0n) is 14.5. The van der Waals surface area contributed by atoms with Crippen LogP contribution in [0.3, 0.4) is 0 Å². The number of rotatable bonds is 4. The molecule has 6 nitrogen and oxygen atoms in total. The summed E-state index contributed by atoms with van der Waals surface area (Å²) in [5.74, 6) is -0.659. The fraction of sp³-hybridized carbons (Fsp3) is 0.250. The van der Waals surface area contributed by atoms with E-state index < -0.39 is 5.97 Å². The van der Waals surface area contributed by atoms with Crippen LogP contribution >= 0.6 is 0 Å². The minimum atomic E-state index is -0.457. The summed E-state index contributed by atoms with van der Waals surface area (Å²) in [4.78, 5) is 30.7. The Morgan fingerprint density at radius 1 is 1.15 bits per heavy atom. The average Bonchev–Trinajstić information content (AvgIpc) is 3.20. The maximum absolute atomic E-state index is 12.6. The summed E-state index contributed by atoms with van der Waals surface area (Å²) in [6, 6.07) is 15.5. The summed E-state index contributed by atoms with van der Waals surface area (Å²) in [5, 5.41) is 0. The van der Waals surface area contributed by atoms with E-state index in [1.165, 1.54) is 0 Å². The van der Waals surface area contributed by atoms with Gasteiger partial charge in [0.25, 0.3) is 5.91 Å². The number of amides is 1. The standard InChI is InChI=1S/C20H19N3O3/c1-14-10-15-6-2-4-8-17(15)23(14)19(24)12-26-20(25)11-22-13-21-16-7-3-5-9-18(16)22/h2-9,13-14H,10-12H2,1H3. The van der Waals surface area contributed by atoms with Crippen molar-refractivity contribution in [3.63, 3.8) is 0 Å². The van der Waals surface area contributed by atoms with E-state index in [4.69, 9.17) is 4.74 Å². The fourth-order valence-corrected chi connectivity index (χ4v) is 3.48. The van der Waals surface area contributed by atoms with Crippen LogP contribution in [0.1, 0.15) is 12.5 Å². The van der Waals surface area contributed by atoms with Gasteiger partial charge in [0.15, 0.2) is 6.61 Å². The van der Waals surface area contributed by atoms with E-state index >= 15 is 0 Å². The zero-order valence-corrected chi connectivity index (χ0v) is 14.5. The van der Waals surface area contributed by atoms with E-state index in [2.05, 4.69) is 4.98 Å². The molecular formula is C20H19N3O3. The first-order chi connectivity index (χ1) is 12.6. The van der Waals surface area contributed by atoms with E-state index in [1.54, 1.807) is 15.8 Å². The molecule has 0 saturated heterocycles. The van der Waals surface area contributed by atoms with Gasteiger partial charge in [0.1, 0.15) is 6.54 Å². The molecule has 3 aromatic rings. The molecule has 1 atom stereocenters. The van der Waals surface area contributed by atoms with Crippen molar-refractivity contribution in [3.8, 4) is 0 Å². The molecule has 4 rings (SSSR count). The number of carbonyl (C=O) groups excluding carboxylic acids is 2. The molecule has 0 bridgehead atoms.